The van der Waals surface area contributed by atoms with Crippen LogP contribution >= 0.6 is 0 Å². The van der Waals surface area contributed by atoms with Gasteiger partial charge in [-0.1, -0.05) is 18.2 Å². The van der Waals surface area contributed by atoms with Crippen molar-refractivity contribution >= 4 is 17.6 Å². The van der Waals surface area contributed by atoms with Crippen molar-refractivity contribution in [3.8, 4) is 11.8 Å². The predicted octanol–water partition coefficient (Wildman–Crippen LogP) is 3.34. The van der Waals surface area contributed by atoms with Gasteiger partial charge in [-0.15, -0.1) is 0 Å². The molecule has 134 valence electrons. The lowest BCUT2D eigenvalue weighted by Gasteiger charge is -2.14. The van der Waals surface area contributed by atoms with Gasteiger partial charge in [-0.3, -0.25) is 4.79 Å². The molecule has 1 N–H and O–H groups in total. The fourth-order valence-corrected chi connectivity index (χ4v) is 2.01. The molecule has 0 aromatic heterocycles. The van der Waals surface area contributed by atoms with E-state index in [0.717, 1.165) is 6.07 Å². The van der Waals surface area contributed by atoms with Crippen LogP contribution in [-0.4, -0.2) is 24.6 Å². The number of amides is 1. The molecular weight excluding hydrogens is 346 g/mol. The van der Waals surface area contributed by atoms with E-state index < -0.39 is 24.6 Å². The van der Waals surface area contributed by atoms with Crippen LogP contribution in [0, 0.1) is 11.3 Å². The van der Waals surface area contributed by atoms with Gasteiger partial charge in [-0.2, -0.15) is 14.0 Å². The van der Waals surface area contributed by atoms with E-state index in [-0.39, 0.29) is 22.6 Å². The van der Waals surface area contributed by atoms with Gasteiger partial charge >= 0.3 is 12.6 Å². The summed E-state index contributed by atoms with van der Waals surface area (Å²) in [6.45, 7) is -1.67. The SMILES string of the molecule is C[C@H](OC(=O)c1cccc(OC(F)F)c1)C(=O)Nc1ccccc1C#N. The number of nitrogens with zero attached hydrogens (tertiary/aromatic N) is 1. The van der Waals surface area contributed by atoms with E-state index in [4.69, 9.17) is 10.00 Å². The van der Waals surface area contributed by atoms with E-state index in [1.54, 1.807) is 12.1 Å². The summed E-state index contributed by atoms with van der Waals surface area (Å²) in [5.74, 6) is -1.71. The lowest BCUT2D eigenvalue weighted by Crippen LogP contribution is -2.30. The Hall–Kier alpha value is -3.47. The number of carbonyl (C=O) groups is 2. The first-order valence-electron chi connectivity index (χ1n) is 7.46. The number of nitrogens with one attached hydrogen (secondary N) is 1. The molecule has 0 aliphatic heterocycles. The van der Waals surface area contributed by atoms with Gasteiger partial charge in [0.05, 0.1) is 16.8 Å². The zero-order valence-electron chi connectivity index (χ0n) is 13.6. The maximum atomic E-state index is 12.2. The summed E-state index contributed by atoms with van der Waals surface area (Å²) < 4.78 is 33.7. The van der Waals surface area contributed by atoms with Crippen molar-refractivity contribution < 1.29 is 27.8 Å². The van der Waals surface area contributed by atoms with Crippen LogP contribution in [-0.2, 0) is 9.53 Å². The Bertz CT molecular complexity index is 849. The Labute approximate surface area is 148 Å². The average molecular weight is 360 g/mol. The highest BCUT2D eigenvalue weighted by molar-refractivity contribution is 5.98. The van der Waals surface area contributed by atoms with Gasteiger partial charge in [0.25, 0.3) is 5.91 Å². The average Bonchev–Trinajstić information content (AvgIpc) is 2.61. The van der Waals surface area contributed by atoms with Crippen molar-refractivity contribution in [3.63, 3.8) is 0 Å². The highest BCUT2D eigenvalue weighted by atomic mass is 19.3. The highest BCUT2D eigenvalue weighted by Gasteiger charge is 2.20. The van der Waals surface area contributed by atoms with Crippen LogP contribution in [0.2, 0.25) is 0 Å². The first kappa shape index (κ1) is 18.9. The maximum Gasteiger partial charge on any atom is 0.387 e. The number of nitriles is 1. The van der Waals surface area contributed by atoms with Gasteiger partial charge in [-0.25, -0.2) is 4.79 Å². The zero-order chi connectivity index (χ0) is 19.1. The van der Waals surface area contributed by atoms with E-state index in [2.05, 4.69) is 10.1 Å². The maximum absolute atomic E-state index is 12.2. The van der Waals surface area contributed by atoms with Gasteiger partial charge in [0.15, 0.2) is 6.10 Å². The first-order valence-corrected chi connectivity index (χ1v) is 7.46. The zero-order valence-corrected chi connectivity index (χ0v) is 13.6. The molecule has 2 aromatic rings. The van der Waals surface area contributed by atoms with Crippen LogP contribution in [0.3, 0.4) is 0 Å². The molecule has 0 spiro atoms. The second-order valence-electron chi connectivity index (χ2n) is 5.10. The number of carbonyl (C=O) groups excluding carboxylic acids is 2. The normalized spacial score (nSPS) is 11.3. The van der Waals surface area contributed by atoms with Gasteiger partial charge in [-0.05, 0) is 37.3 Å². The van der Waals surface area contributed by atoms with Gasteiger partial charge in [0, 0.05) is 0 Å². The largest absolute Gasteiger partial charge is 0.449 e. The van der Waals surface area contributed by atoms with Crippen LogP contribution in [0.5, 0.6) is 5.75 Å². The molecule has 0 bridgehead atoms. The van der Waals surface area contributed by atoms with E-state index in [1.807, 2.05) is 6.07 Å². The number of rotatable bonds is 6. The number of para-hydroxylation sites is 1. The molecule has 0 radical (unpaired) electrons. The Morgan fingerprint density at radius 2 is 1.88 bits per heavy atom. The number of ether oxygens (including phenoxy) is 2. The molecule has 0 fully saturated rings. The minimum atomic E-state index is -3.02. The fourth-order valence-electron chi connectivity index (χ4n) is 2.01. The van der Waals surface area contributed by atoms with Crippen LogP contribution < -0.4 is 10.1 Å². The molecule has 1 amide bonds. The van der Waals surface area contributed by atoms with Crippen molar-refractivity contribution in [1.82, 2.24) is 0 Å². The van der Waals surface area contributed by atoms with Gasteiger partial charge in [0.2, 0.25) is 0 Å². The topological polar surface area (TPSA) is 88.4 Å². The molecule has 2 aromatic carbocycles. The molecule has 0 aliphatic rings. The summed E-state index contributed by atoms with van der Waals surface area (Å²) in [5.41, 5.74) is 0.506. The predicted molar refractivity (Wildman–Crippen MR) is 87.7 cm³/mol. The summed E-state index contributed by atoms with van der Waals surface area (Å²) in [7, 11) is 0. The van der Waals surface area contributed by atoms with Crippen molar-refractivity contribution in [2.75, 3.05) is 5.32 Å². The van der Waals surface area contributed by atoms with Crippen molar-refractivity contribution in [1.29, 1.82) is 5.26 Å². The third-order valence-electron chi connectivity index (χ3n) is 3.25. The Morgan fingerprint density at radius 3 is 2.58 bits per heavy atom. The van der Waals surface area contributed by atoms with Crippen molar-refractivity contribution in [2.24, 2.45) is 0 Å². The summed E-state index contributed by atoms with van der Waals surface area (Å²) in [6, 6.07) is 13.3. The first-order chi connectivity index (χ1) is 12.4. The standard InChI is InChI=1S/C18H14F2N2O4/c1-11(16(23)22-15-8-3-2-5-13(15)10-21)25-17(24)12-6-4-7-14(9-12)26-18(19)20/h2-9,11,18H,1H3,(H,22,23)/t11-/m0/s1. The molecule has 1 atom stereocenters. The molecule has 26 heavy (non-hydrogen) atoms. The van der Waals surface area contributed by atoms with Crippen molar-refractivity contribution in [3.05, 3.63) is 59.7 Å². The Kier molecular flexibility index (Phi) is 6.22. The summed E-state index contributed by atoms with van der Waals surface area (Å²) in [4.78, 5) is 24.2. The van der Waals surface area contributed by atoms with Crippen LogP contribution in [0.1, 0.15) is 22.8 Å². The summed E-state index contributed by atoms with van der Waals surface area (Å²) in [6.07, 6.45) is -1.17. The molecule has 2 rings (SSSR count). The van der Waals surface area contributed by atoms with Gasteiger partial charge in [0.1, 0.15) is 11.8 Å². The number of esters is 1. The number of hydrogen-bond donors (Lipinski definition) is 1. The van der Waals surface area contributed by atoms with Crippen LogP contribution in [0.25, 0.3) is 0 Å². The molecular formula is C18H14F2N2O4. The molecule has 0 unspecified atom stereocenters. The summed E-state index contributed by atoms with van der Waals surface area (Å²) in [5, 5.41) is 11.5. The minimum absolute atomic E-state index is 0.0415. The smallest absolute Gasteiger partial charge is 0.387 e. The Balaban J connectivity index is 2.02. The highest BCUT2D eigenvalue weighted by Crippen LogP contribution is 2.18. The van der Waals surface area contributed by atoms with Crippen molar-refractivity contribution in [2.45, 2.75) is 19.6 Å². The Morgan fingerprint density at radius 1 is 1.15 bits per heavy atom. The fraction of sp³-hybridized carbons (Fsp3) is 0.167. The van der Waals surface area contributed by atoms with E-state index in [0.29, 0.717) is 0 Å². The van der Waals surface area contributed by atoms with E-state index >= 15 is 0 Å². The van der Waals surface area contributed by atoms with E-state index in [9.17, 15) is 18.4 Å². The second-order valence-corrected chi connectivity index (χ2v) is 5.10. The molecule has 0 heterocycles. The van der Waals surface area contributed by atoms with Crippen LogP contribution in [0.15, 0.2) is 48.5 Å². The number of hydrogen-bond acceptors (Lipinski definition) is 5. The third-order valence-corrected chi connectivity index (χ3v) is 3.25. The van der Waals surface area contributed by atoms with Gasteiger partial charge < -0.3 is 14.8 Å². The third kappa shape index (κ3) is 5.01. The molecule has 0 saturated heterocycles. The minimum Gasteiger partial charge on any atom is -0.449 e. The van der Waals surface area contributed by atoms with E-state index in [1.165, 1.54) is 37.3 Å². The molecule has 6 nitrogen and oxygen atoms in total. The molecule has 8 heteroatoms. The lowest BCUT2D eigenvalue weighted by molar-refractivity contribution is -0.123. The molecule has 0 aliphatic carbocycles. The number of halogens is 2. The number of benzene rings is 2. The number of alkyl halides is 2. The quantitative estimate of drug-likeness (QED) is 0.798. The monoisotopic (exact) mass is 360 g/mol. The lowest BCUT2D eigenvalue weighted by atomic mass is 10.2. The summed E-state index contributed by atoms with van der Waals surface area (Å²) >= 11 is 0. The molecule has 0 saturated carbocycles. The second kappa shape index (κ2) is 8.58. The number of anilines is 1. The van der Waals surface area contributed by atoms with Crippen LogP contribution in [0.4, 0.5) is 14.5 Å².